The van der Waals surface area contributed by atoms with Crippen molar-refractivity contribution in [1.82, 2.24) is 0 Å². The number of fused-ring (bicyclic) bond motifs is 3. The molecule has 0 aromatic heterocycles. The van der Waals surface area contributed by atoms with E-state index in [-0.39, 0.29) is 5.91 Å². The van der Waals surface area contributed by atoms with Crippen LogP contribution in [0.1, 0.15) is 6.92 Å². The standard InChI is InChI=1S/C18H13NO/c1-11(20)19-13-9-12-5-4-8-16-14-6-2-3-7-15(14)17(10-13)18(12)16/h2-10H,1H3,(H,19,20). The monoisotopic (exact) mass is 259 g/mol. The Balaban J connectivity index is 2.08. The quantitative estimate of drug-likeness (QED) is 0.537. The third-order valence-electron chi connectivity index (χ3n) is 3.80. The van der Waals surface area contributed by atoms with Crippen molar-refractivity contribution in [2.24, 2.45) is 0 Å². The van der Waals surface area contributed by atoms with Gasteiger partial charge in [-0.1, -0.05) is 42.5 Å². The van der Waals surface area contributed by atoms with E-state index < -0.39 is 0 Å². The van der Waals surface area contributed by atoms with Crippen LogP contribution in [0.4, 0.5) is 5.69 Å². The van der Waals surface area contributed by atoms with Crippen LogP contribution in [0.3, 0.4) is 0 Å². The topological polar surface area (TPSA) is 29.1 Å². The van der Waals surface area contributed by atoms with Crippen molar-refractivity contribution in [3.05, 3.63) is 54.6 Å². The zero-order chi connectivity index (χ0) is 13.7. The lowest BCUT2D eigenvalue weighted by Crippen LogP contribution is -2.05. The summed E-state index contributed by atoms with van der Waals surface area (Å²) in [6.45, 7) is 1.54. The number of hydrogen-bond donors (Lipinski definition) is 1. The maximum atomic E-state index is 11.3. The third-order valence-corrected chi connectivity index (χ3v) is 3.80. The van der Waals surface area contributed by atoms with Gasteiger partial charge < -0.3 is 5.32 Å². The molecule has 1 aliphatic carbocycles. The van der Waals surface area contributed by atoms with Crippen LogP contribution in [-0.4, -0.2) is 5.91 Å². The van der Waals surface area contributed by atoms with Gasteiger partial charge in [-0.3, -0.25) is 4.79 Å². The molecule has 0 spiro atoms. The lowest BCUT2D eigenvalue weighted by molar-refractivity contribution is -0.114. The molecule has 3 aromatic rings. The minimum Gasteiger partial charge on any atom is -0.326 e. The van der Waals surface area contributed by atoms with Crippen molar-refractivity contribution in [3.8, 4) is 22.3 Å². The van der Waals surface area contributed by atoms with E-state index in [9.17, 15) is 4.79 Å². The molecule has 20 heavy (non-hydrogen) atoms. The van der Waals surface area contributed by atoms with Gasteiger partial charge in [-0.15, -0.1) is 0 Å². The minimum absolute atomic E-state index is 0.0426. The van der Waals surface area contributed by atoms with Gasteiger partial charge in [0.1, 0.15) is 0 Å². The first-order valence-corrected chi connectivity index (χ1v) is 6.68. The highest BCUT2D eigenvalue weighted by Gasteiger charge is 2.21. The fourth-order valence-electron chi connectivity index (χ4n) is 3.09. The molecule has 0 fully saturated rings. The van der Waals surface area contributed by atoms with E-state index in [0.29, 0.717) is 0 Å². The molecule has 1 amide bonds. The van der Waals surface area contributed by atoms with Crippen LogP contribution in [0.5, 0.6) is 0 Å². The average Bonchev–Trinajstić information content (AvgIpc) is 2.75. The van der Waals surface area contributed by atoms with Crippen molar-refractivity contribution in [2.45, 2.75) is 6.92 Å². The summed E-state index contributed by atoms with van der Waals surface area (Å²) in [7, 11) is 0. The van der Waals surface area contributed by atoms with E-state index in [0.717, 1.165) is 5.69 Å². The third kappa shape index (κ3) is 1.48. The number of nitrogens with one attached hydrogen (secondary N) is 1. The molecule has 1 aliphatic rings. The molecule has 0 unspecified atom stereocenters. The summed E-state index contributed by atoms with van der Waals surface area (Å²) in [6, 6.07) is 18.9. The van der Waals surface area contributed by atoms with Crippen LogP contribution in [0.15, 0.2) is 54.6 Å². The maximum absolute atomic E-state index is 11.3. The van der Waals surface area contributed by atoms with E-state index >= 15 is 0 Å². The second-order valence-corrected chi connectivity index (χ2v) is 5.15. The molecule has 0 saturated heterocycles. The number of carbonyl (C=O) groups is 1. The van der Waals surface area contributed by atoms with Gasteiger partial charge in [0, 0.05) is 12.6 Å². The predicted molar refractivity (Wildman–Crippen MR) is 82.7 cm³/mol. The van der Waals surface area contributed by atoms with Gasteiger partial charge in [0.05, 0.1) is 0 Å². The zero-order valence-corrected chi connectivity index (χ0v) is 11.1. The van der Waals surface area contributed by atoms with Crippen molar-refractivity contribution in [2.75, 3.05) is 5.32 Å². The minimum atomic E-state index is -0.0426. The highest BCUT2D eigenvalue weighted by Crippen LogP contribution is 2.47. The highest BCUT2D eigenvalue weighted by atomic mass is 16.1. The molecule has 0 atom stereocenters. The molecular weight excluding hydrogens is 246 g/mol. The highest BCUT2D eigenvalue weighted by molar-refractivity contribution is 6.16. The van der Waals surface area contributed by atoms with Crippen LogP contribution in [0.2, 0.25) is 0 Å². The van der Waals surface area contributed by atoms with E-state index in [1.165, 1.54) is 39.9 Å². The number of benzene rings is 3. The van der Waals surface area contributed by atoms with Gasteiger partial charge in [0.15, 0.2) is 0 Å². The zero-order valence-electron chi connectivity index (χ0n) is 11.1. The summed E-state index contributed by atoms with van der Waals surface area (Å²) in [6.07, 6.45) is 0. The van der Waals surface area contributed by atoms with E-state index in [1.807, 2.05) is 6.07 Å². The van der Waals surface area contributed by atoms with E-state index in [2.05, 4.69) is 53.8 Å². The van der Waals surface area contributed by atoms with Gasteiger partial charge in [-0.2, -0.15) is 0 Å². The average molecular weight is 259 g/mol. The molecule has 0 bridgehead atoms. The Morgan fingerprint density at radius 2 is 1.55 bits per heavy atom. The summed E-state index contributed by atoms with van der Waals surface area (Å²) in [5, 5.41) is 5.33. The van der Waals surface area contributed by atoms with Crippen LogP contribution < -0.4 is 5.32 Å². The fourth-order valence-corrected chi connectivity index (χ4v) is 3.09. The number of anilines is 1. The normalized spacial score (nSPS) is 11.4. The Morgan fingerprint density at radius 3 is 2.30 bits per heavy atom. The van der Waals surface area contributed by atoms with Crippen LogP contribution in [0.25, 0.3) is 33.0 Å². The van der Waals surface area contributed by atoms with Gasteiger partial charge in [0.2, 0.25) is 5.91 Å². The number of carbonyl (C=O) groups excluding carboxylic acids is 1. The van der Waals surface area contributed by atoms with Gasteiger partial charge in [-0.05, 0) is 45.2 Å². The molecular formula is C18H13NO. The van der Waals surface area contributed by atoms with Crippen molar-refractivity contribution in [3.63, 3.8) is 0 Å². The van der Waals surface area contributed by atoms with E-state index in [1.54, 1.807) is 0 Å². The van der Waals surface area contributed by atoms with Crippen molar-refractivity contribution in [1.29, 1.82) is 0 Å². The van der Waals surface area contributed by atoms with E-state index in [4.69, 9.17) is 0 Å². The first-order chi connectivity index (χ1) is 9.74. The maximum Gasteiger partial charge on any atom is 0.221 e. The Labute approximate surface area is 117 Å². The molecule has 96 valence electrons. The summed E-state index contributed by atoms with van der Waals surface area (Å²) < 4.78 is 0. The van der Waals surface area contributed by atoms with Gasteiger partial charge >= 0.3 is 0 Å². The Bertz CT molecular complexity index is 864. The molecule has 4 rings (SSSR count). The number of rotatable bonds is 1. The predicted octanol–water partition coefficient (Wildman–Crippen LogP) is 4.45. The first kappa shape index (κ1) is 11.2. The van der Waals surface area contributed by atoms with Gasteiger partial charge in [0.25, 0.3) is 0 Å². The van der Waals surface area contributed by atoms with Crippen molar-refractivity contribution >= 4 is 22.4 Å². The Morgan fingerprint density at radius 1 is 0.850 bits per heavy atom. The molecule has 1 N–H and O–H groups in total. The molecule has 0 heterocycles. The number of amides is 1. The molecule has 2 nitrogen and oxygen atoms in total. The van der Waals surface area contributed by atoms with Crippen LogP contribution in [-0.2, 0) is 4.79 Å². The summed E-state index contributed by atoms with van der Waals surface area (Å²) in [5.41, 5.74) is 5.85. The smallest absolute Gasteiger partial charge is 0.221 e. The Kier molecular flexibility index (Phi) is 2.21. The second-order valence-electron chi connectivity index (χ2n) is 5.15. The lowest BCUT2D eigenvalue weighted by Gasteiger charge is -2.07. The largest absolute Gasteiger partial charge is 0.326 e. The SMILES string of the molecule is CC(=O)Nc1cc2c3c(cccc3c1)-c1ccccc1-2. The molecule has 3 aromatic carbocycles. The number of hydrogen-bond acceptors (Lipinski definition) is 1. The summed E-state index contributed by atoms with van der Waals surface area (Å²) in [4.78, 5) is 11.3. The van der Waals surface area contributed by atoms with Crippen LogP contribution >= 0.6 is 0 Å². The molecule has 0 radical (unpaired) electrons. The fraction of sp³-hybridized carbons (Fsp3) is 0.0556. The molecule has 0 aliphatic heterocycles. The second kappa shape index (κ2) is 3.94. The summed E-state index contributed by atoms with van der Waals surface area (Å²) in [5.74, 6) is -0.0426. The molecule has 0 saturated carbocycles. The van der Waals surface area contributed by atoms with Crippen molar-refractivity contribution < 1.29 is 4.79 Å². The first-order valence-electron chi connectivity index (χ1n) is 6.68. The van der Waals surface area contributed by atoms with Gasteiger partial charge in [-0.25, -0.2) is 0 Å². The molecule has 2 heteroatoms. The summed E-state index contributed by atoms with van der Waals surface area (Å²) >= 11 is 0. The Hall–Kier alpha value is -2.61. The van der Waals surface area contributed by atoms with Crippen LogP contribution in [0, 0.1) is 0 Å². The lowest BCUT2D eigenvalue weighted by atomic mass is 10.0.